The molecule has 0 unspecified atom stereocenters. The van der Waals surface area contributed by atoms with E-state index in [0.29, 0.717) is 5.52 Å². The number of aryl methyl sites for hydroxylation is 1. The van der Waals surface area contributed by atoms with Crippen LogP contribution in [0.5, 0.6) is 0 Å². The predicted octanol–water partition coefficient (Wildman–Crippen LogP) is 3.60. The molecule has 0 bridgehead atoms. The quantitative estimate of drug-likeness (QED) is 0.369. The minimum atomic E-state index is -0.385. The van der Waals surface area contributed by atoms with Gasteiger partial charge in [0.15, 0.2) is 0 Å². The normalized spacial score (nSPS) is 10.9. The summed E-state index contributed by atoms with van der Waals surface area (Å²) in [6.07, 6.45) is 0. The van der Waals surface area contributed by atoms with Crippen molar-refractivity contribution in [2.75, 3.05) is 0 Å². The van der Waals surface area contributed by atoms with Gasteiger partial charge in [-0.2, -0.15) is 0 Å². The summed E-state index contributed by atoms with van der Waals surface area (Å²) in [4.78, 5) is 15.0. The monoisotopic (exact) mass is 238 g/mol. The lowest BCUT2D eigenvalue weighted by atomic mass is 10.0. The van der Waals surface area contributed by atoms with Crippen LogP contribution < -0.4 is 0 Å². The number of hydrogen-bond donors (Lipinski definition) is 0. The van der Waals surface area contributed by atoms with Crippen LogP contribution >= 0.6 is 0 Å². The second kappa shape index (κ2) is 3.77. The number of nitrogens with zero attached hydrogens (tertiary/aromatic N) is 2. The summed E-state index contributed by atoms with van der Waals surface area (Å²) in [5.41, 5.74) is 1.33. The minimum absolute atomic E-state index is 0.0568. The SMILES string of the molecule is Cc1nc2c([N+](=O)[O-])cccc2c2ccccc12. The third-order valence-corrected chi connectivity index (χ3v) is 3.10. The molecule has 18 heavy (non-hydrogen) atoms. The number of benzene rings is 2. The third kappa shape index (κ3) is 1.43. The van der Waals surface area contributed by atoms with Gasteiger partial charge in [0.25, 0.3) is 5.69 Å². The molecule has 0 saturated heterocycles. The fourth-order valence-electron chi connectivity index (χ4n) is 2.27. The molecule has 1 heterocycles. The molecular formula is C14H10N2O2. The van der Waals surface area contributed by atoms with Crippen LogP contribution in [0.3, 0.4) is 0 Å². The highest BCUT2D eigenvalue weighted by molar-refractivity contribution is 6.08. The maximum Gasteiger partial charge on any atom is 0.295 e. The Morgan fingerprint density at radius 2 is 1.67 bits per heavy atom. The van der Waals surface area contributed by atoms with Gasteiger partial charge in [-0.25, -0.2) is 4.98 Å². The van der Waals surface area contributed by atoms with Gasteiger partial charge in [0.05, 0.1) is 4.92 Å². The minimum Gasteiger partial charge on any atom is -0.258 e. The van der Waals surface area contributed by atoms with Crippen LogP contribution in [-0.4, -0.2) is 9.91 Å². The molecule has 0 radical (unpaired) electrons. The summed E-state index contributed by atoms with van der Waals surface area (Å²) in [5.74, 6) is 0. The maximum atomic E-state index is 11.0. The Balaban J connectivity index is 2.58. The van der Waals surface area contributed by atoms with Crippen molar-refractivity contribution in [3.05, 3.63) is 58.3 Å². The highest BCUT2D eigenvalue weighted by atomic mass is 16.6. The Hall–Kier alpha value is -2.49. The zero-order valence-electron chi connectivity index (χ0n) is 9.75. The second-order valence-electron chi connectivity index (χ2n) is 4.17. The van der Waals surface area contributed by atoms with Gasteiger partial charge in [-0.15, -0.1) is 0 Å². The topological polar surface area (TPSA) is 56.0 Å². The van der Waals surface area contributed by atoms with Crippen molar-refractivity contribution in [1.29, 1.82) is 0 Å². The van der Waals surface area contributed by atoms with Crippen molar-refractivity contribution >= 4 is 27.4 Å². The van der Waals surface area contributed by atoms with E-state index in [0.717, 1.165) is 21.9 Å². The van der Waals surface area contributed by atoms with Crippen LogP contribution in [-0.2, 0) is 0 Å². The number of hydrogen-bond acceptors (Lipinski definition) is 3. The molecular weight excluding hydrogens is 228 g/mol. The van der Waals surface area contributed by atoms with Gasteiger partial charge in [0.1, 0.15) is 5.52 Å². The van der Waals surface area contributed by atoms with Crippen LogP contribution in [0.2, 0.25) is 0 Å². The first-order chi connectivity index (χ1) is 8.68. The van der Waals surface area contributed by atoms with Crippen LogP contribution in [0.25, 0.3) is 21.7 Å². The average molecular weight is 238 g/mol. The van der Waals surface area contributed by atoms with Crippen molar-refractivity contribution in [1.82, 2.24) is 4.98 Å². The third-order valence-electron chi connectivity index (χ3n) is 3.10. The molecule has 1 aromatic heterocycles. The number of rotatable bonds is 1. The number of fused-ring (bicyclic) bond motifs is 3. The lowest BCUT2D eigenvalue weighted by Crippen LogP contribution is -1.94. The number of nitro groups is 1. The molecule has 2 aromatic carbocycles. The average Bonchev–Trinajstić information content (AvgIpc) is 2.38. The lowest BCUT2D eigenvalue weighted by Gasteiger charge is -2.06. The van der Waals surface area contributed by atoms with Gasteiger partial charge in [-0.3, -0.25) is 10.1 Å². The summed E-state index contributed by atoms with van der Waals surface area (Å²) < 4.78 is 0. The van der Waals surface area contributed by atoms with E-state index in [-0.39, 0.29) is 10.6 Å². The highest BCUT2D eigenvalue weighted by Gasteiger charge is 2.15. The van der Waals surface area contributed by atoms with E-state index in [1.165, 1.54) is 6.07 Å². The van der Waals surface area contributed by atoms with Crippen molar-refractivity contribution in [3.63, 3.8) is 0 Å². The zero-order valence-corrected chi connectivity index (χ0v) is 9.75. The fourth-order valence-corrected chi connectivity index (χ4v) is 2.27. The molecule has 3 rings (SSSR count). The molecule has 0 fully saturated rings. The van der Waals surface area contributed by atoms with Gasteiger partial charge < -0.3 is 0 Å². The van der Waals surface area contributed by atoms with Gasteiger partial charge in [0.2, 0.25) is 0 Å². The van der Waals surface area contributed by atoms with Crippen molar-refractivity contribution in [2.24, 2.45) is 0 Å². The van der Waals surface area contributed by atoms with E-state index in [1.54, 1.807) is 6.07 Å². The van der Waals surface area contributed by atoms with Crippen molar-refractivity contribution in [3.8, 4) is 0 Å². The van der Waals surface area contributed by atoms with Gasteiger partial charge in [0, 0.05) is 22.5 Å². The fraction of sp³-hybridized carbons (Fsp3) is 0.0714. The summed E-state index contributed by atoms with van der Waals surface area (Å²) >= 11 is 0. The Labute approximate surface area is 103 Å². The van der Waals surface area contributed by atoms with E-state index in [9.17, 15) is 10.1 Å². The molecule has 4 heteroatoms. The van der Waals surface area contributed by atoms with Crippen molar-refractivity contribution in [2.45, 2.75) is 6.92 Å². The summed E-state index contributed by atoms with van der Waals surface area (Å²) in [7, 11) is 0. The molecule has 0 saturated carbocycles. The van der Waals surface area contributed by atoms with Crippen LogP contribution in [0.15, 0.2) is 42.5 Å². The van der Waals surface area contributed by atoms with E-state index in [1.807, 2.05) is 37.3 Å². The summed E-state index contributed by atoms with van der Waals surface area (Å²) in [6, 6.07) is 12.9. The Morgan fingerprint density at radius 1 is 1.00 bits per heavy atom. The predicted molar refractivity (Wildman–Crippen MR) is 70.6 cm³/mol. The standard InChI is InChI=1S/C14H10N2O2/c1-9-10-5-2-3-6-11(10)12-7-4-8-13(16(17)18)14(12)15-9/h2-8H,1H3. The number of para-hydroxylation sites is 1. The Morgan fingerprint density at radius 3 is 2.39 bits per heavy atom. The first-order valence-corrected chi connectivity index (χ1v) is 5.61. The van der Waals surface area contributed by atoms with Crippen LogP contribution in [0.1, 0.15) is 5.69 Å². The van der Waals surface area contributed by atoms with E-state index in [2.05, 4.69) is 4.98 Å². The number of pyridine rings is 1. The molecule has 3 aromatic rings. The smallest absolute Gasteiger partial charge is 0.258 e. The highest BCUT2D eigenvalue weighted by Crippen LogP contribution is 2.30. The molecule has 0 atom stereocenters. The molecule has 0 aliphatic rings. The van der Waals surface area contributed by atoms with E-state index >= 15 is 0 Å². The molecule has 0 aliphatic carbocycles. The lowest BCUT2D eigenvalue weighted by molar-refractivity contribution is -0.383. The maximum absolute atomic E-state index is 11.0. The molecule has 0 N–H and O–H groups in total. The number of nitro benzene ring substituents is 1. The molecule has 0 aliphatic heterocycles. The Kier molecular flexibility index (Phi) is 2.23. The Bertz CT molecular complexity index is 781. The van der Waals surface area contributed by atoms with Crippen LogP contribution in [0, 0.1) is 17.0 Å². The van der Waals surface area contributed by atoms with Crippen LogP contribution in [0.4, 0.5) is 5.69 Å². The molecule has 4 nitrogen and oxygen atoms in total. The van der Waals surface area contributed by atoms with E-state index in [4.69, 9.17) is 0 Å². The number of non-ortho nitro benzene ring substituents is 1. The first kappa shape index (κ1) is 10.7. The molecule has 88 valence electrons. The second-order valence-corrected chi connectivity index (χ2v) is 4.17. The van der Waals surface area contributed by atoms with E-state index < -0.39 is 0 Å². The number of aromatic nitrogens is 1. The van der Waals surface area contributed by atoms with Gasteiger partial charge in [-0.05, 0) is 12.3 Å². The van der Waals surface area contributed by atoms with Gasteiger partial charge >= 0.3 is 0 Å². The van der Waals surface area contributed by atoms with Gasteiger partial charge in [-0.1, -0.05) is 36.4 Å². The summed E-state index contributed by atoms with van der Waals surface area (Å²) in [6.45, 7) is 1.87. The van der Waals surface area contributed by atoms with Crippen molar-refractivity contribution < 1.29 is 4.92 Å². The first-order valence-electron chi connectivity index (χ1n) is 5.61. The molecule has 0 amide bonds. The zero-order chi connectivity index (χ0) is 12.7. The summed E-state index contributed by atoms with van der Waals surface area (Å²) in [5, 5.41) is 13.9. The molecule has 0 spiro atoms. The largest absolute Gasteiger partial charge is 0.295 e.